The first-order valence-electron chi connectivity index (χ1n) is 13.4. The Bertz CT molecular complexity index is 1280. The lowest BCUT2D eigenvalue weighted by Gasteiger charge is -2.36. The van der Waals surface area contributed by atoms with Gasteiger partial charge in [0.05, 0.1) is 23.1 Å². The molecule has 0 aromatic heterocycles. The SMILES string of the molecule is O=C(NC(CN1CCC1)C(O)c1ccc(OC2CC2)c(Cl)c1)C1CCN(c2ccc3ccccc3c2)C1. The van der Waals surface area contributed by atoms with Crippen LogP contribution in [-0.4, -0.2) is 60.8 Å². The molecule has 3 unspecified atom stereocenters. The van der Waals surface area contributed by atoms with Crippen molar-refractivity contribution in [1.29, 1.82) is 0 Å². The monoisotopic (exact) mass is 519 g/mol. The second kappa shape index (κ2) is 10.5. The molecule has 1 saturated carbocycles. The summed E-state index contributed by atoms with van der Waals surface area (Å²) in [6.45, 7) is 4.12. The second-order valence-corrected chi connectivity index (χ2v) is 11.1. The minimum absolute atomic E-state index is 0.00708. The minimum atomic E-state index is -0.852. The number of aliphatic hydroxyl groups is 1. The molecule has 0 radical (unpaired) electrons. The fourth-order valence-electron chi connectivity index (χ4n) is 5.34. The maximum absolute atomic E-state index is 13.4. The zero-order valence-corrected chi connectivity index (χ0v) is 21.7. The van der Waals surface area contributed by atoms with E-state index in [1.165, 1.54) is 10.8 Å². The van der Waals surface area contributed by atoms with Gasteiger partial charge >= 0.3 is 0 Å². The number of halogens is 1. The van der Waals surface area contributed by atoms with Gasteiger partial charge in [0, 0.05) is 25.3 Å². The molecule has 2 heterocycles. The zero-order valence-electron chi connectivity index (χ0n) is 21.0. The van der Waals surface area contributed by atoms with E-state index in [0.29, 0.717) is 29.4 Å². The first-order valence-corrected chi connectivity index (χ1v) is 13.8. The van der Waals surface area contributed by atoms with Crippen LogP contribution in [0.2, 0.25) is 5.02 Å². The molecule has 3 atom stereocenters. The van der Waals surface area contributed by atoms with E-state index in [9.17, 15) is 9.90 Å². The number of likely N-dealkylation sites (tertiary alicyclic amines) is 1. The largest absolute Gasteiger partial charge is 0.489 e. The third kappa shape index (κ3) is 5.57. The maximum atomic E-state index is 13.4. The molecule has 0 bridgehead atoms. The van der Waals surface area contributed by atoms with Gasteiger partial charge in [-0.05, 0) is 79.4 Å². The number of ether oxygens (including phenoxy) is 1. The van der Waals surface area contributed by atoms with Crippen LogP contribution in [0.15, 0.2) is 60.7 Å². The highest BCUT2D eigenvalue weighted by Gasteiger charge is 2.33. The van der Waals surface area contributed by atoms with E-state index < -0.39 is 12.1 Å². The van der Waals surface area contributed by atoms with Gasteiger partial charge in [0.1, 0.15) is 11.9 Å². The van der Waals surface area contributed by atoms with Crippen molar-refractivity contribution in [3.05, 3.63) is 71.2 Å². The smallest absolute Gasteiger partial charge is 0.225 e. The number of nitrogens with zero attached hydrogens (tertiary/aromatic N) is 2. The van der Waals surface area contributed by atoms with Crippen LogP contribution in [0.4, 0.5) is 5.69 Å². The van der Waals surface area contributed by atoms with Crippen molar-refractivity contribution in [2.24, 2.45) is 5.92 Å². The average Bonchev–Trinajstić information content (AvgIpc) is 3.57. The molecule has 3 aromatic carbocycles. The van der Waals surface area contributed by atoms with Crippen LogP contribution < -0.4 is 15.0 Å². The van der Waals surface area contributed by atoms with Crippen LogP contribution >= 0.6 is 11.6 Å². The molecular formula is C30H34ClN3O3. The van der Waals surface area contributed by atoms with Gasteiger partial charge in [-0.1, -0.05) is 48.0 Å². The molecule has 0 spiro atoms. The van der Waals surface area contributed by atoms with E-state index in [2.05, 4.69) is 51.5 Å². The van der Waals surface area contributed by atoms with E-state index >= 15 is 0 Å². The van der Waals surface area contributed by atoms with Crippen LogP contribution in [0.5, 0.6) is 5.75 Å². The standard InChI is InChI=1S/C30H34ClN3O3/c31-26-17-22(7-11-28(26)37-25-9-10-25)29(35)27(19-33-13-3-14-33)32-30(36)23-12-15-34(18-23)24-8-6-20-4-1-2-5-21(20)16-24/h1-2,4-8,11,16-17,23,25,27,29,35H,3,9-10,12-15,18-19H2,(H,32,36). The Balaban J connectivity index is 1.13. The summed E-state index contributed by atoms with van der Waals surface area (Å²) in [7, 11) is 0. The predicted molar refractivity (Wildman–Crippen MR) is 147 cm³/mol. The van der Waals surface area contributed by atoms with Crippen molar-refractivity contribution >= 4 is 34.0 Å². The molecule has 2 N–H and O–H groups in total. The van der Waals surface area contributed by atoms with Crippen molar-refractivity contribution in [3.63, 3.8) is 0 Å². The van der Waals surface area contributed by atoms with Crippen molar-refractivity contribution < 1.29 is 14.6 Å². The van der Waals surface area contributed by atoms with Gasteiger partial charge < -0.3 is 25.0 Å². The first kappa shape index (κ1) is 24.5. The predicted octanol–water partition coefficient (Wildman–Crippen LogP) is 4.78. The van der Waals surface area contributed by atoms with Crippen LogP contribution in [0.3, 0.4) is 0 Å². The summed E-state index contributed by atoms with van der Waals surface area (Å²) in [5.41, 5.74) is 1.84. The number of hydrogen-bond donors (Lipinski definition) is 2. The number of hydrogen-bond acceptors (Lipinski definition) is 5. The van der Waals surface area contributed by atoms with Crippen molar-refractivity contribution in [3.8, 4) is 5.75 Å². The lowest BCUT2D eigenvalue weighted by molar-refractivity contribution is -0.126. The number of nitrogens with one attached hydrogen (secondary N) is 1. The third-order valence-electron chi connectivity index (χ3n) is 7.89. The molecule has 7 heteroatoms. The van der Waals surface area contributed by atoms with Gasteiger partial charge in [-0.2, -0.15) is 0 Å². The number of aliphatic hydroxyl groups excluding tert-OH is 1. The number of amides is 1. The molecule has 2 aliphatic heterocycles. The molecular weight excluding hydrogens is 486 g/mol. The van der Waals surface area contributed by atoms with Crippen molar-refractivity contribution in [1.82, 2.24) is 10.2 Å². The van der Waals surface area contributed by atoms with Crippen molar-refractivity contribution in [2.45, 2.75) is 43.9 Å². The highest BCUT2D eigenvalue weighted by atomic mass is 35.5. The lowest BCUT2D eigenvalue weighted by atomic mass is 9.99. The minimum Gasteiger partial charge on any atom is -0.489 e. The van der Waals surface area contributed by atoms with Gasteiger partial charge in [-0.25, -0.2) is 0 Å². The quantitative estimate of drug-likeness (QED) is 0.426. The topological polar surface area (TPSA) is 65.0 Å². The molecule has 3 aliphatic rings. The van der Waals surface area contributed by atoms with Crippen LogP contribution in [0.25, 0.3) is 10.8 Å². The van der Waals surface area contributed by atoms with E-state index in [-0.39, 0.29) is 17.9 Å². The summed E-state index contributed by atoms with van der Waals surface area (Å²) in [5, 5.41) is 17.5. The summed E-state index contributed by atoms with van der Waals surface area (Å²) in [6, 6.07) is 19.9. The highest BCUT2D eigenvalue weighted by molar-refractivity contribution is 6.32. The number of benzene rings is 3. The van der Waals surface area contributed by atoms with Crippen molar-refractivity contribution in [2.75, 3.05) is 37.6 Å². The maximum Gasteiger partial charge on any atom is 0.225 e. The Hall–Kier alpha value is -2.80. The third-order valence-corrected chi connectivity index (χ3v) is 8.18. The Morgan fingerprint density at radius 3 is 2.57 bits per heavy atom. The van der Waals surface area contributed by atoms with E-state index in [4.69, 9.17) is 16.3 Å². The molecule has 1 aliphatic carbocycles. The second-order valence-electron chi connectivity index (χ2n) is 10.7. The molecule has 6 rings (SSSR count). The Morgan fingerprint density at radius 1 is 1.03 bits per heavy atom. The highest BCUT2D eigenvalue weighted by Crippen LogP contribution is 2.34. The van der Waals surface area contributed by atoms with E-state index in [1.54, 1.807) is 6.07 Å². The van der Waals surface area contributed by atoms with Gasteiger partial charge in [-0.15, -0.1) is 0 Å². The molecule has 1 amide bonds. The van der Waals surface area contributed by atoms with E-state index in [1.807, 2.05) is 18.2 Å². The Labute approximate surface area is 223 Å². The fraction of sp³-hybridized carbons (Fsp3) is 0.433. The van der Waals surface area contributed by atoms with Gasteiger partial charge in [0.25, 0.3) is 0 Å². The molecule has 6 nitrogen and oxygen atoms in total. The first-order chi connectivity index (χ1) is 18.0. The van der Waals surface area contributed by atoms with Crippen LogP contribution in [-0.2, 0) is 4.79 Å². The number of fused-ring (bicyclic) bond motifs is 1. The molecule has 2 saturated heterocycles. The number of carbonyl (C=O) groups excluding carboxylic acids is 1. The Kier molecular flexibility index (Phi) is 6.98. The van der Waals surface area contributed by atoms with E-state index in [0.717, 1.165) is 51.0 Å². The molecule has 3 fully saturated rings. The van der Waals surface area contributed by atoms with Gasteiger partial charge in [0.2, 0.25) is 5.91 Å². The number of carbonyl (C=O) groups is 1. The normalized spacial score (nSPS) is 21.5. The van der Waals surface area contributed by atoms with Crippen LogP contribution in [0.1, 0.15) is 37.4 Å². The number of anilines is 1. The molecule has 3 aromatic rings. The Morgan fingerprint density at radius 2 is 1.84 bits per heavy atom. The summed E-state index contributed by atoms with van der Waals surface area (Å²) in [6.07, 6.45) is 3.47. The molecule has 37 heavy (non-hydrogen) atoms. The molecule has 194 valence electrons. The summed E-state index contributed by atoms with van der Waals surface area (Å²) >= 11 is 6.47. The average molecular weight is 520 g/mol. The zero-order chi connectivity index (χ0) is 25.4. The summed E-state index contributed by atoms with van der Waals surface area (Å²) < 4.78 is 5.85. The fourth-order valence-corrected chi connectivity index (χ4v) is 5.58. The van der Waals surface area contributed by atoms with Gasteiger partial charge in [-0.3, -0.25) is 4.79 Å². The van der Waals surface area contributed by atoms with Crippen LogP contribution in [0, 0.1) is 5.92 Å². The summed E-state index contributed by atoms with van der Waals surface area (Å²) in [4.78, 5) is 18.0. The number of rotatable bonds is 9. The van der Waals surface area contributed by atoms with Gasteiger partial charge in [0.15, 0.2) is 0 Å². The summed E-state index contributed by atoms with van der Waals surface area (Å²) in [5.74, 6) is 0.547. The lowest BCUT2D eigenvalue weighted by Crippen LogP contribution is -2.52.